The molecule has 2 aromatic carbocycles. The lowest BCUT2D eigenvalue weighted by molar-refractivity contribution is 0.344. The van der Waals surface area contributed by atoms with E-state index < -0.39 is 10.0 Å². The van der Waals surface area contributed by atoms with Crippen LogP contribution in [0, 0.1) is 0 Å². The molecule has 1 fully saturated rings. The van der Waals surface area contributed by atoms with E-state index in [2.05, 4.69) is 44.7 Å². The fourth-order valence-corrected chi connectivity index (χ4v) is 6.09. The van der Waals surface area contributed by atoms with Gasteiger partial charge in [0.05, 0.1) is 4.90 Å². The van der Waals surface area contributed by atoms with E-state index in [1.807, 2.05) is 6.07 Å². The first-order valence-corrected chi connectivity index (χ1v) is 12.0. The van der Waals surface area contributed by atoms with Gasteiger partial charge >= 0.3 is 0 Å². The lowest BCUT2D eigenvalue weighted by Crippen LogP contribution is -2.45. The van der Waals surface area contributed by atoms with Crippen LogP contribution in [0.5, 0.6) is 0 Å². The Hall–Kier alpha value is -1.34. The van der Waals surface area contributed by atoms with E-state index in [1.165, 1.54) is 23.3 Å². The summed E-state index contributed by atoms with van der Waals surface area (Å²) in [5.74, 6) is 0. The highest BCUT2D eigenvalue weighted by molar-refractivity contribution is 9.10. The molecule has 2 atom stereocenters. The van der Waals surface area contributed by atoms with Crippen molar-refractivity contribution in [1.29, 1.82) is 0 Å². The SMILES string of the molecule is C=C1CCC[C@H]2Nc3ccc(Br)cc3[C@@]12CCNS(=O)(=O)c1ccc(Cl)cc1. The van der Waals surface area contributed by atoms with Crippen molar-refractivity contribution >= 4 is 43.2 Å². The molecule has 4 rings (SSSR count). The third-order valence-electron chi connectivity index (χ3n) is 5.92. The van der Waals surface area contributed by atoms with Gasteiger partial charge in [-0.2, -0.15) is 0 Å². The van der Waals surface area contributed by atoms with Crippen molar-refractivity contribution in [3.05, 3.63) is 69.7 Å². The average Bonchev–Trinajstić information content (AvgIpc) is 2.97. The summed E-state index contributed by atoms with van der Waals surface area (Å²) in [5, 5.41) is 4.16. The fourth-order valence-electron chi connectivity index (χ4n) is 4.57. The predicted octanol–water partition coefficient (Wildman–Crippen LogP) is 5.24. The molecule has 0 spiro atoms. The molecule has 2 aromatic rings. The van der Waals surface area contributed by atoms with Gasteiger partial charge < -0.3 is 5.32 Å². The van der Waals surface area contributed by atoms with E-state index in [4.69, 9.17) is 11.6 Å². The van der Waals surface area contributed by atoms with Crippen molar-refractivity contribution in [2.45, 2.75) is 42.0 Å². The van der Waals surface area contributed by atoms with E-state index in [1.54, 1.807) is 12.1 Å². The molecule has 28 heavy (non-hydrogen) atoms. The molecule has 148 valence electrons. The van der Waals surface area contributed by atoms with Gasteiger partial charge in [0.25, 0.3) is 0 Å². The normalized spacial score (nSPS) is 23.8. The predicted molar refractivity (Wildman–Crippen MR) is 117 cm³/mol. The Morgan fingerprint density at radius 1 is 1.25 bits per heavy atom. The summed E-state index contributed by atoms with van der Waals surface area (Å²) in [6.07, 6.45) is 3.78. The van der Waals surface area contributed by atoms with Crippen molar-refractivity contribution in [3.63, 3.8) is 0 Å². The van der Waals surface area contributed by atoms with Crippen LogP contribution in [-0.2, 0) is 15.4 Å². The average molecular weight is 482 g/mol. The standard InChI is InChI=1S/C21H22BrClN2O2S/c1-14-3-2-4-20-21(14,18-13-15(22)5-10-19(18)25-20)11-12-24-28(26,27)17-8-6-16(23)7-9-17/h5-10,13,20,24-25H,1-4,11-12H2/t20-,21-/m1/s1. The molecule has 0 radical (unpaired) electrons. The van der Waals surface area contributed by atoms with Gasteiger partial charge in [-0.05, 0) is 73.7 Å². The first-order valence-electron chi connectivity index (χ1n) is 9.33. The van der Waals surface area contributed by atoms with Gasteiger partial charge in [0.15, 0.2) is 0 Å². The number of hydrogen-bond donors (Lipinski definition) is 2. The van der Waals surface area contributed by atoms with Gasteiger partial charge in [-0.15, -0.1) is 0 Å². The summed E-state index contributed by atoms with van der Waals surface area (Å²) in [4.78, 5) is 0.223. The number of anilines is 1. The van der Waals surface area contributed by atoms with Gasteiger partial charge in [-0.25, -0.2) is 13.1 Å². The van der Waals surface area contributed by atoms with Gasteiger partial charge in [0.1, 0.15) is 0 Å². The highest BCUT2D eigenvalue weighted by Crippen LogP contribution is 2.53. The molecule has 0 unspecified atom stereocenters. The lowest BCUT2D eigenvalue weighted by atomic mass is 9.63. The molecule has 2 N–H and O–H groups in total. The minimum atomic E-state index is -3.58. The third-order valence-corrected chi connectivity index (χ3v) is 8.15. The third kappa shape index (κ3) is 3.41. The van der Waals surface area contributed by atoms with Crippen LogP contribution in [0.1, 0.15) is 31.2 Å². The van der Waals surface area contributed by atoms with Crippen LogP contribution in [0.2, 0.25) is 5.02 Å². The number of benzene rings is 2. The molecular weight excluding hydrogens is 460 g/mol. The number of hydrogen-bond acceptors (Lipinski definition) is 3. The van der Waals surface area contributed by atoms with Crippen molar-refractivity contribution in [2.75, 3.05) is 11.9 Å². The highest BCUT2D eigenvalue weighted by atomic mass is 79.9. The van der Waals surface area contributed by atoms with E-state index in [0.717, 1.165) is 29.4 Å². The highest BCUT2D eigenvalue weighted by Gasteiger charge is 2.49. The maximum atomic E-state index is 12.7. The molecule has 1 aliphatic carbocycles. The maximum Gasteiger partial charge on any atom is 0.240 e. The van der Waals surface area contributed by atoms with Crippen LogP contribution < -0.4 is 10.0 Å². The zero-order chi connectivity index (χ0) is 19.9. The van der Waals surface area contributed by atoms with Gasteiger partial charge in [-0.3, -0.25) is 0 Å². The van der Waals surface area contributed by atoms with Crippen molar-refractivity contribution in [3.8, 4) is 0 Å². The monoisotopic (exact) mass is 480 g/mol. The molecule has 7 heteroatoms. The summed E-state index contributed by atoms with van der Waals surface area (Å²) in [6.45, 7) is 4.73. The smallest absolute Gasteiger partial charge is 0.240 e. The molecular formula is C21H22BrClN2O2S. The van der Waals surface area contributed by atoms with Crippen LogP contribution in [0.4, 0.5) is 5.69 Å². The number of rotatable bonds is 5. The van der Waals surface area contributed by atoms with Crippen molar-refractivity contribution in [1.82, 2.24) is 4.72 Å². The Kier molecular flexibility index (Phi) is 5.33. The van der Waals surface area contributed by atoms with Crippen LogP contribution >= 0.6 is 27.5 Å². The first kappa shape index (κ1) is 20.0. The second-order valence-electron chi connectivity index (χ2n) is 7.46. The topological polar surface area (TPSA) is 58.2 Å². The molecule has 1 heterocycles. The molecule has 0 bridgehead atoms. The molecule has 4 nitrogen and oxygen atoms in total. The minimum absolute atomic E-state index is 0.223. The van der Waals surface area contributed by atoms with E-state index in [0.29, 0.717) is 18.0 Å². The van der Waals surface area contributed by atoms with Crippen molar-refractivity contribution in [2.24, 2.45) is 0 Å². The van der Waals surface area contributed by atoms with Crippen molar-refractivity contribution < 1.29 is 8.42 Å². The summed E-state index contributed by atoms with van der Waals surface area (Å²) < 4.78 is 29.1. The molecule has 1 aliphatic heterocycles. The largest absolute Gasteiger partial charge is 0.381 e. The van der Waals surface area contributed by atoms with Gasteiger partial charge in [0.2, 0.25) is 10.0 Å². The minimum Gasteiger partial charge on any atom is -0.381 e. The fraction of sp³-hybridized carbons (Fsp3) is 0.333. The second kappa shape index (κ2) is 7.48. The van der Waals surface area contributed by atoms with Crippen LogP contribution in [-0.4, -0.2) is 21.0 Å². The summed E-state index contributed by atoms with van der Waals surface area (Å²) in [6, 6.07) is 12.7. The van der Waals surface area contributed by atoms with Crippen LogP contribution in [0.15, 0.2) is 64.0 Å². The lowest BCUT2D eigenvalue weighted by Gasteiger charge is -2.42. The summed E-state index contributed by atoms with van der Waals surface area (Å²) in [7, 11) is -3.58. The molecule has 0 aromatic heterocycles. The molecule has 1 saturated carbocycles. The molecule has 0 amide bonds. The van der Waals surface area contributed by atoms with E-state index in [-0.39, 0.29) is 16.4 Å². The Labute approximate surface area is 179 Å². The maximum absolute atomic E-state index is 12.7. The number of fused-ring (bicyclic) bond motifs is 3. The number of halogens is 2. The van der Waals surface area contributed by atoms with E-state index >= 15 is 0 Å². The summed E-state index contributed by atoms with van der Waals surface area (Å²) in [5.41, 5.74) is 3.26. The Bertz CT molecular complexity index is 1020. The number of nitrogens with one attached hydrogen (secondary N) is 2. The van der Waals surface area contributed by atoms with Crippen LogP contribution in [0.25, 0.3) is 0 Å². The Morgan fingerprint density at radius 2 is 2.00 bits per heavy atom. The zero-order valence-electron chi connectivity index (χ0n) is 15.3. The number of sulfonamides is 1. The Morgan fingerprint density at radius 3 is 2.75 bits per heavy atom. The van der Waals surface area contributed by atoms with E-state index in [9.17, 15) is 8.42 Å². The molecule has 2 aliphatic rings. The molecule has 0 saturated heterocycles. The summed E-state index contributed by atoms with van der Waals surface area (Å²) >= 11 is 9.45. The van der Waals surface area contributed by atoms with Crippen LogP contribution in [0.3, 0.4) is 0 Å². The van der Waals surface area contributed by atoms with Gasteiger partial charge in [0, 0.05) is 33.2 Å². The second-order valence-corrected chi connectivity index (χ2v) is 10.6. The quantitative estimate of drug-likeness (QED) is 0.574. The zero-order valence-corrected chi connectivity index (χ0v) is 18.5. The Balaban J connectivity index is 1.59. The van der Waals surface area contributed by atoms with Gasteiger partial charge in [-0.1, -0.05) is 39.7 Å². The first-order chi connectivity index (χ1) is 13.3.